The Morgan fingerprint density at radius 2 is 2.00 bits per heavy atom. The van der Waals surface area contributed by atoms with Crippen LogP contribution in [-0.2, 0) is 9.59 Å². The molecule has 1 heterocycles. The third-order valence-electron chi connectivity index (χ3n) is 2.24. The van der Waals surface area contributed by atoms with Gasteiger partial charge in [-0.05, 0) is 18.2 Å². The van der Waals surface area contributed by atoms with Crippen LogP contribution < -0.4 is 5.32 Å². The summed E-state index contributed by atoms with van der Waals surface area (Å²) in [4.78, 5) is 22.2. The van der Waals surface area contributed by atoms with Crippen LogP contribution in [0.3, 0.4) is 0 Å². The van der Waals surface area contributed by atoms with Gasteiger partial charge in [-0.2, -0.15) is 0 Å². The minimum absolute atomic E-state index is 0.0130. The molecule has 1 aromatic carbocycles. The van der Waals surface area contributed by atoms with Gasteiger partial charge >= 0.3 is 0 Å². The maximum absolute atomic E-state index is 11.2. The first-order chi connectivity index (χ1) is 7.56. The molecule has 1 aromatic rings. The molecule has 1 fully saturated rings. The van der Waals surface area contributed by atoms with Crippen LogP contribution in [0.2, 0.25) is 0 Å². The quantitative estimate of drug-likeness (QED) is 0.475. The Morgan fingerprint density at radius 3 is 2.56 bits per heavy atom. The fourth-order valence-corrected chi connectivity index (χ4v) is 1.46. The summed E-state index contributed by atoms with van der Waals surface area (Å²) < 4.78 is 0. The predicted molar refractivity (Wildman–Crippen MR) is 55.5 cm³/mol. The van der Waals surface area contributed by atoms with E-state index in [1.54, 1.807) is 0 Å². The van der Waals surface area contributed by atoms with Gasteiger partial charge in [0.05, 0.1) is 6.42 Å². The molecule has 0 aliphatic carbocycles. The Labute approximate surface area is 91.0 Å². The molecule has 16 heavy (non-hydrogen) atoms. The summed E-state index contributed by atoms with van der Waals surface area (Å²) in [7, 11) is 0. The highest BCUT2D eigenvalue weighted by Gasteiger charge is 2.23. The lowest BCUT2D eigenvalue weighted by Crippen LogP contribution is -2.19. The van der Waals surface area contributed by atoms with Gasteiger partial charge in [-0.25, -0.2) is 0 Å². The number of amides is 2. The normalized spacial score (nSPS) is 17.9. The second-order valence-electron chi connectivity index (χ2n) is 3.47. The summed E-state index contributed by atoms with van der Waals surface area (Å²) in [5, 5.41) is 20.7. The smallest absolute Gasteiger partial charge is 0.254 e. The molecule has 0 saturated carbocycles. The molecule has 3 N–H and O–H groups in total. The minimum atomic E-state index is -0.447. The molecule has 5 nitrogen and oxygen atoms in total. The average molecular weight is 219 g/mol. The van der Waals surface area contributed by atoms with Crippen molar-refractivity contribution in [3.63, 3.8) is 0 Å². The Kier molecular flexibility index (Phi) is 2.36. The number of hydrogen-bond donors (Lipinski definition) is 3. The van der Waals surface area contributed by atoms with Gasteiger partial charge in [-0.1, -0.05) is 0 Å². The molecule has 82 valence electrons. The molecule has 2 rings (SSSR count). The van der Waals surface area contributed by atoms with E-state index in [0.717, 1.165) is 0 Å². The summed E-state index contributed by atoms with van der Waals surface area (Å²) in [6.07, 6.45) is 1.44. The van der Waals surface area contributed by atoms with Crippen molar-refractivity contribution in [2.24, 2.45) is 0 Å². The number of hydrogen-bond acceptors (Lipinski definition) is 4. The predicted octanol–water partition coefficient (Wildman–Crippen LogP) is 0.528. The van der Waals surface area contributed by atoms with Gasteiger partial charge in [-0.15, -0.1) is 0 Å². The molecule has 2 amide bonds. The van der Waals surface area contributed by atoms with Gasteiger partial charge < -0.3 is 10.2 Å². The molecule has 0 spiro atoms. The van der Waals surface area contributed by atoms with Crippen molar-refractivity contribution in [3.8, 4) is 11.5 Å². The van der Waals surface area contributed by atoms with Crippen LogP contribution >= 0.6 is 0 Å². The topological polar surface area (TPSA) is 86.6 Å². The molecule has 0 bridgehead atoms. The number of nitrogens with one attached hydrogen (secondary N) is 1. The summed E-state index contributed by atoms with van der Waals surface area (Å²) in [6.45, 7) is 0. The fourth-order valence-electron chi connectivity index (χ4n) is 1.46. The van der Waals surface area contributed by atoms with Gasteiger partial charge in [0.25, 0.3) is 5.91 Å². The number of phenolic OH excluding ortho intramolecular Hbond substituents is 2. The lowest BCUT2D eigenvalue weighted by atomic mass is 10.1. The van der Waals surface area contributed by atoms with E-state index in [1.165, 1.54) is 24.3 Å². The maximum Gasteiger partial charge on any atom is 0.254 e. The van der Waals surface area contributed by atoms with E-state index in [0.29, 0.717) is 11.1 Å². The Morgan fingerprint density at radius 1 is 1.25 bits per heavy atom. The van der Waals surface area contributed by atoms with Gasteiger partial charge in [0.2, 0.25) is 5.91 Å². The molecule has 0 radical (unpaired) electrons. The molecular weight excluding hydrogens is 210 g/mol. The number of imide groups is 1. The first-order valence-corrected chi connectivity index (χ1v) is 4.63. The zero-order valence-corrected chi connectivity index (χ0v) is 8.23. The maximum atomic E-state index is 11.2. The van der Waals surface area contributed by atoms with Crippen LogP contribution in [0.5, 0.6) is 11.5 Å². The van der Waals surface area contributed by atoms with Crippen molar-refractivity contribution in [1.29, 1.82) is 0 Å². The van der Waals surface area contributed by atoms with E-state index in [1.807, 2.05) is 0 Å². The van der Waals surface area contributed by atoms with Crippen LogP contribution in [0.1, 0.15) is 12.0 Å². The highest BCUT2D eigenvalue weighted by molar-refractivity contribution is 6.15. The molecule has 0 aromatic heterocycles. The fraction of sp³-hybridized carbons (Fsp3) is 0.0909. The molecule has 1 aliphatic rings. The summed E-state index contributed by atoms with van der Waals surface area (Å²) in [6, 6.07) is 4.02. The van der Waals surface area contributed by atoms with Gasteiger partial charge in [0.15, 0.2) is 0 Å². The monoisotopic (exact) mass is 219 g/mol. The second kappa shape index (κ2) is 3.69. The molecule has 1 aliphatic heterocycles. The van der Waals surface area contributed by atoms with Crippen molar-refractivity contribution in [2.45, 2.75) is 6.42 Å². The number of benzene rings is 1. The van der Waals surface area contributed by atoms with Crippen molar-refractivity contribution in [3.05, 3.63) is 29.3 Å². The van der Waals surface area contributed by atoms with Crippen molar-refractivity contribution < 1.29 is 19.8 Å². The van der Waals surface area contributed by atoms with E-state index in [-0.39, 0.29) is 23.8 Å². The van der Waals surface area contributed by atoms with E-state index in [4.69, 9.17) is 5.11 Å². The Bertz CT molecular complexity index is 505. The standard InChI is InChI=1S/C11H9NO4/c13-8-2-1-6(9(14)5-8)3-7-4-10(15)12-11(7)16/h1-3,5,13-14H,4H2,(H,12,15,16)/b7-3+. The third-order valence-corrected chi connectivity index (χ3v) is 2.24. The van der Waals surface area contributed by atoms with Crippen LogP contribution in [0.4, 0.5) is 0 Å². The largest absolute Gasteiger partial charge is 0.508 e. The van der Waals surface area contributed by atoms with Crippen LogP contribution in [0.25, 0.3) is 6.08 Å². The van der Waals surface area contributed by atoms with Crippen molar-refractivity contribution in [2.75, 3.05) is 0 Å². The SMILES string of the molecule is O=C1C/C(=C\c2ccc(O)cc2O)C(=O)N1. The van der Waals surface area contributed by atoms with Crippen LogP contribution in [0, 0.1) is 0 Å². The lowest BCUT2D eigenvalue weighted by molar-refractivity contribution is -0.124. The number of carbonyl (C=O) groups excluding carboxylic acids is 2. The lowest BCUT2D eigenvalue weighted by Gasteiger charge is -2.00. The highest BCUT2D eigenvalue weighted by atomic mass is 16.3. The first-order valence-electron chi connectivity index (χ1n) is 4.63. The summed E-state index contributed by atoms with van der Waals surface area (Å²) >= 11 is 0. The molecular formula is C11H9NO4. The van der Waals surface area contributed by atoms with E-state index < -0.39 is 5.91 Å². The number of rotatable bonds is 1. The molecule has 0 atom stereocenters. The van der Waals surface area contributed by atoms with E-state index >= 15 is 0 Å². The molecule has 5 heteroatoms. The van der Waals surface area contributed by atoms with Crippen molar-refractivity contribution in [1.82, 2.24) is 5.32 Å². The molecule has 1 saturated heterocycles. The number of phenols is 2. The number of carbonyl (C=O) groups is 2. The van der Waals surface area contributed by atoms with E-state index in [2.05, 4.69) is 5.32 Å². The highest BCUT2D eigenvalue weighted by Crippen LogP contribution is 2.26. The number of aromatic hydroxyl groups is 2. The van der Waals surface area contributed by atoms with Crippen LogP contribution in [-0.4, -0.2) is 22.0 Å². The Balaban J connectivity index is 2.36. The zero-order chi connectivity index (χ0) is 11.7. The zero-order valence-electron chi connectivity index (χ0n) is 8.23. The Hall–Kier alpha value is -2.30. The molecule has 0 unspecified atom stereocenters. The average Bonchev–Trinajstić information content (AvgIpc) is 2.50. The van der Waals surface area contributed by atoms with Crippen LogP contribution in [0.15, 0.2) is 23.8 Å². The van der Waals surface area contributed by atoms with Gasteiger partial charge in [-0.3, -0.25) is 14.9 Å². The van der Waals surface area contributed by atoms with Crippen molar-refractivity contribution >= 4 is 17.9 Å². The van der Waals surface area contributed by atoms with E-state index in [9.17, 15) is 14.7 Å². The second-order valence-corrected chi connectivity index (χ2v) is 3.47. The van der Waals surface area contributed by atoms with Gasteiger partial charge in [0.1, 0.15) is 11.5 Å². The van der Waals surface area contributed by atoms with Gasteiger partial charge in [0, 0.05) is 17.2 Å². The minimum Gasteiger partial charge on any atom is -0.508 e. The third kappa shape index (κ3) is 1.88. The summed E-state index contributed by atoms with van der Waals surface area (Å²) in [5.41, 5.74) is 0.684. The summed E-state index contributed by atoms with van der Waals surface area (Å²) in [5.74, 6) is -1.00. The first kappa shape index (κ1) is 10.2.